The van der Waals surface area contributed by atoms with Gasteiger partial charge in [-0.1, -0.05) is 6.92 Å². The van der Waals surface area contributed by atoms with Gasteiger partial charge in [0.1, 0.15) is 11.6 Å². The number of amides is 2. The lowest BCUT2D eigenvalue weighted by Gasteiger charge is -2.42. The van der Waals surface area contributed by atoms with Gasteiger partial charge in [-0.25, -0.2) is 13.6 Å². The molecule has 0 aliphatic heterocycles. The molecule has 1 saturated carbocycles. The van der Waals surface area contributed by atoms with E-state index in [2.05, 4.69) is 10.6 Å². The number of rotatable bonds is 8. The second-order valence-electron chi connectivity index (χ2n) is 6.21. The van der Waals surface area contributed by atoms with E-state index < -0.39 is 17.6 Å². The second kappa shape index (κ2) is 8.75. The predicted molar refractivity (Wildman–Crippen MR) is 88.3 cm³/mol. The maximum atomic E-state index is 13.1. The van der Waals surface area contributed by atoms with E-state index in [-0.39, 0.29) is 31.2 Å². The van der Waals surface area contributed by atoms with Gasteiger partial charge in [-0.3, -0.25) is 9.69 Å². The Morgan fingerprint density at radius 2 is 1.88 bits per heavy atom. The van der Waals surface area contributed by atoms with E-state index in [4.69, 9.17) is 5.11 Å². The van der Waals surface area contributed by atoms with Gasteiger partial charge in [-0.15, -0.1) is 0 Å². The maximum absolute atomic E-state index is 13.1. The maximum Gasteiger partial charge on any atom is 0.317 e. The van der Waals surface area contributed by atoms with E-state index in [0.29, 0.717) is 31.4 Å². The van der Waals surface area contributed by atoms with Crippen molar-refractivity contribution in [2.45, 2.75) is 38.3 Å². The molecule has 2 amide bonds. The summed E-state index contributed by atoms with van der Waals surface area (Å²) in [5.41, 5.74) is 0.480. The van der Waals surface area contributed by atoms with Gasteiger partial charge in [0.05, 0.1) is 6.54 Å². The van der Waals surface area contributed by atoms with Crippen LogP contribution < -0.4 is 10.6 Å². The molecule has 1 fully saturated rings. The van der Waals surface area contributed by atoms with Crippen molar-refractivity contribution < 1.29 is 23.5 Å². The highest BCUT2D eigenvalue weighted by Gasteiger charge is 2.34. The number of benzene rings is 1. The number of hydrogen-bond donors (Lipinski definition) is 3. The van der Waals surface area contributed by atoms with Crippen LogP contribution >= 0.6 is 0 Å². The summed E-state index contributed by atoms with van der Waals surface area (Å²) in [4.78, 5) is 24.5. The molecule has 0 aromatic heterocycles. The number of hydrogen-bond acceptors (Lipinski definition) is 3. The summed E-state index contributed by atoms with van der Waals surface area (Å²) >= 11 is 0. The molecule has 0 atom stereocenters. The molecule has 1 aromatic carbocycles. The van der Waals surface area contributed by atoms with Gasteiger partial charge in [0.15, 0.2) is 0 Å². The Labute approximate surface area is 145 Å². The quantitative estimate of drug-likeness (QED) is 0.664. The lowest BCUT2D eigenvalue weighted by molar-refractivity contribution is -0.139. The molecule has 1 aliphatic rings. The number of halogens is 2. The zero-order valence-electron chi connectivity index (χ0n) is 14.1. The van der Waals surface area contributed by atoms with E-state index in [1.165, 1.54) is 12.1 Å². The Morgan fingerprint density at radius 3 is 2.44 bits per heavy atom. The summed E-state index contributed by atoms with van der Waals surface area (Å²) in [7, 11) is 0. The molecule has 138 valence electrons. The normalized spacial score (nSPS) is 19.4. The first kappa shape index (κ1) is 19.1. The van der Waals surface area contributed by atoms with E-state index in [1.807, 2.05) is 11.8 Å². The topological polar surface area (TPSA) is 81.7 Å². The number of nitrogens with one attached hydrogen (secondary N) is 2. The molecular weight excluding hydrogens is 332 g/mol. The third-order valence-corrected chi connectivity index (χ3v) is 4.33. The van der Waals surface area contributed by atoms with Crippen LogP contribution in [0.1, 0.15) is 25.3 Å². The summed E-state index contributed by atoms with van der Waals surface area (Å²) in [6, 6.07) is 3.13. The molecule has 2 rings (SSSR count). The van der Waals surface area contributed by atoms with Crippen molar-refractivity contribution in [1.82, 2.24) is 15.5 Å². The highest BCUT2D eigenvalue weighted by atomic mass is 19.1. The molecule has 0 unspecified atom stereocenters. The number of urea groups is 1. The molecule has 6 nitrogen and oxygen atoms in total. The fourth-order valence-electron chi connectivity index (χ4n) is 2.99. The Kier molecular flexibility index (Phi) is 6.69. The van der Waals surface area contributed by atoms with Gasteiger partial charge >= 0.3 is 12.0 Å². The predicted octanol–water partition coefficient (Wildman–Crippen LogP) is 1.74. The minimum atomic E-state index is -0.857. The highest BCUT2D eigenvalue weighted by Crippen LogP contribution is 2.25. The number of nitrogens with zero attached hydrogens (tertiary/aromatic N) is 1. The molecular formula is C17H23F2N3O3. The van der Waals surface area contributed by atoms with Gasteiger partial charge in [0, 0.05) is 24.7 Å². The lowest BCUT2D eigenvalue weighted by atomic mass is 9.85. The SMILES string of the molecule is CCN(CC(=O)O)C1CC(NC(=O)NCCc2cc(F)cc(F)c2)C1. The van der Waals surface area contributed by atoms with Crippen LogP contribution in [0.3, 0.4) is 0 Å². The van der Waals surface area contributed by atoms with Gasteiger partial charge in [-0.05, 0) is 43.5 Å². The van der Waals surface area contributed by atoms with Crippen molar-refractivity contribution in [2.75, 3.05) is 19.6 Å². The summed E-state index contributed by atoms with van der Waals surface area (Å²) in [6.07, 6.45) is 1.75. The Balaban J connectivity index is 1.66. The fraction of sp³-hybridized carbons (Fsp3) is 0.529. The summed E-state index contributed by atoms with van der Waals surface area (Å²) in [6.45, 7) is 2.83. The van der Waals surface area contributed by atoms with Gasteiger partial charge in [-0.2, -0.15) is 0 Å². The van der Waals surface area contributed by atoms with Crippen LogP contribution in [-0.2, 0) is 11.2 Å². The molecule has 0 saturated heterocycles. The van der Waals surface area contributed by atoms with Crippen molar-refractivity contribution in [2.24, 2.45) is 0 Å². The highest BCUT2D eigenvalue weighted by molar-refractivity contribution is 5.74. The molecule has 0 bridgehead atoms. The standard InChI is InChI=1S/C17H23F2N3O3/c1-2-22(10-16(23)24)15-8-14(9-15)21-17(25)20-4-3-11-5-12(18)7-13(19)6-11/h5-7,14-15H,2-4,8-10H2,1H3,(H,23,24)(H2,20,21,25). The molecule has 0 spiro atoms. The number of carboxylic acid groups (broad SMARTS) is 1. The largest absolute Gasteiger partial charge is 0.480 e. The Hall–Kier alpha value is -2.22. The molecule has 25 heavy (non-hydrogen) atoms. The monoisotopic (exact) mass is 355 g/mol. The summed E-state index contributed by atoms with van der Waals surface area (Å²) < 4.78 is 26.1. The molecule has 0 heterocycles. The first-order chi connectivity index (χ1) is 11.9. The zero-order chi connectivity index (χ0) is 18.4. The van der Waals surface area contributed by atoms with E-state index >= 15 is 0 Å². The van der Waals surface area contributed by atoms with E-state index in [0.717, 1.165) is 6.07 Å². The zero-order valence-corrected chi connectivity index (χ0v) is 14.1. The average molecular weight is 355 g/mol. The molecule has 1 aromatic rings. The first-order valence-corrected chi connectivity index (χ1v) is 8.32. The summed E-state index contributed by atoms with van der Waals surface area (Å²) in [5.74, 6) is -2.13. The molecule has 1 aliphatic carbocycles. The van der Waals surface area contributed by atoms with Crippen LogP contribution in [0.15, 0.2) is 18.2 Å². The first-order valence-electron chi connectivity index (χ1n) is 8.32. The van der Waals surface area contributed by atoms with Gasteiger partial charge in [0.2, 0.25) is 0 Å². The Morgan fingerprint density at radius 1 is 1.24 bits per heavy atom. The van der Waals surface area contributed by atoms with Crippen molar-refractivity contribution in [3.05, 3.63) is 35.4 Å². The number of likely N-dealkylation sites (N-methyl/N-ethyl adjacent to an activating group) is 1. The van der Waals surface area contributed by atoms with Crippen LogP contribution in [0.2, 0.25) is 0 Å². The van der Waals surface area contributed by atoms with E-state index in [1.54, 1.807) is 0 Å². The average Bonchev–Trinajstić information content (AvgIpc) is 2.47. The van der Waals surface area contributed by atoms with Crippen LogP contribution in [0.5, 0.6) is 0 Å². The number of carbonyl (C=O) groups is 2. The molecule has 3 N–H and O–H groups in total. The lowest BCUT2D eigenvalue weighted by Crippen LogP contribution is -2.56. The Bertz CT molecular complexity index is 601. The second-order valence-corrected chi connectivity index (χ2v) is 6.21. The smallest absolute Gasteiger partial charge is 0.317 e. The number of carboxylic acids is 1. The molecule has 0 radical (unpaired) electrons. The van der Waals surface area contributed by atoms with Gasteiger partial charge < -0.3 is 15.7 Å². The van der Waals surface area contributed by atoms with Crippen molar-refractivity contribution in [1.29, 1.82) is 0 Å². The third-order valence-electron chi connectivity index (χ3n) is 4.33. The summed E-state index contributed by atoms with van der Waals surface area (Å²) in [5, 5.41) is 14.3. The number of aliphatic carboxylic acids is 1. The van der Waals surface area contributed by atoms with Gasteiger partial charge in [0.25, 0.3) is 0 Å². The van der Waals surface area contributed by atoms with Crippen LogP contribution in [0, 0.1) is 11.6 Å². The van der Waals surface area contributed by atoms with Crippen LogP contribution in [-0.4, -0.2) is 53.7 Å². The minimum Gasteiger partial charge on any atom is -0.480 e. The van der Waals surface area contributed by atoms with Crippen molar-refractivity contribution in [3.8, 4) is 0 Å². The molecule has 8 heteroatoms. The fourth-order valence-corrected chi connectivity index (χ4v) is 2.99. The number of carbonyl (C=O) groups excluding carboxylic acids is 1. The third kappa shape index (κ3) is 5.97. The van der Waals surface area contributed by atoms with Crippen LogP contribution in [0.25, 0.3) is 0 Å². The van der Waals surface area contributed by atoms with E-state index in [9.17, 15) is 18.4 Å². The van der Waals surface area contributed by atoms with Crippen molar-refractivity contribution >= 4 is 12.0 Å². The van der Waals surface area contributed by atoms with Crippen molar-refractivity contribution in [3.63, 3.8) is 0 Å². The minimum absolute atomic E-state index is 0.00424. The van der Waals surface area contributed by atoms with Crippen LogP contribution in [0.4, 0.5) is 13.6 Å².